The molecular formula is C25H28N2O5. The number of carbonyl (C=O) groups excluding carboxylic acids is 2. The fraction of sp³-hybridized carbons (Fsp3) is 0.400. The van der Waals surface area contributed by atoms with E-state index in [0.717, 1.165) is 22.3 Å². The molecule has 2 atom stereocenters. The van der Waals surface area contributed by atoms with Gasteiger partial charge >= 0.3 is 12.1 Å². The van der Waals surface area contributed by atoms with Gasteiger partial charge in [-0.3, -0.25) is 9.59 Å². The molecule has 2 N–H and O–H groups in total. The number of hydrogen-bond acceptors (Lipinski definition) is 4. The Kier molecular flexibility index (Phi) is 6.44. The first-order chi connectivity index (χ1) is 15.5. The second-order valence-corrected chi connectivity index (χ2v) is 8.39. The Hall–Kier alpha value is -3.35. The highest BCUT2D eigenvalue weighted by atomic mass is 16.5. The zero-order chi connectivity index (χ0) is 22.7. The molecule has 0 spiro atoms. The van der Waals surface area contributed by atoms with Gasteiger partial charge in [0.2, 0.25) is 5.91 Å². The maximum absolute atomic E-state index is 12.9. The first-order valence-electron chi connectivity index (χ1n) is 11.1. The molecule has 1 fully saturated rings. The van der Waals surface area contributed by atoms with Crippen LogP contribution in [-0.2, 0) is 14.3 Å². The van der Waals surface area contributed by atoms with Gasteiger partial charge in [0.1, 0.15) is 12.6 Å². The Bertz CT molecular complexity index is 975. The molecule has 0 aromatic heterocycles. The molecule has 1 aliphatic carbocycles. The Morgan fingerprint density at radius 3 is 2.31 bits per heavy atom. The number of nitrogens with one attached hydrogen (secondary N) is 1. The van der Waals surface area contributed by atoms with E-state index in [1.807, 2.05) is 31.2 Å². The predicted molar refractivity (Wildman–Crippen MR) is 119 cm³/mol. The van der Waals surface area contributed by atoms with Crippen LogP contribution in [0.4, 0.5) is 4.79 Å². The van der Waals surface area contributed by atoms with Crippen LogP contribution in [0.15, 0.2) is 48.5 Å². The Morgan fingerprint density at radius 2 is 1.72 bits per heavy atom. The van der Waals surface area contributed by atoms with Crippen LogP contribution in [0.3, 0.4) is 0 Å². The van der Waals surface area contributed by atoms with Gasteiger partial charge in [-0.05, 0) is 41.5 Å². The van der Waals surface area contributed by atoms with Crippen LogP contribution in [0.5, 0.6) is 0 Å². The summed E-state index contributed by atoms with van der Waals surface area (Å²) in [6.07, 6.45) is 0.968. The van der Waals surface area contributed by atoms with Gasteiger partial charge < -0.3 is 20.1 Å². The number of likely N-dealkylation sites (tertiary alicyclic amines) is 1. The van der Waals surface area contributed by atoms with Crippen LogP contribution in [0.2, 0.25) is 0 Å². The van der Waals surface area contributed by atoms with Gasteiger partial charge in [-0.15, -0.1) is 0 Å². The van der Waals surface area contributed by atoms with Crippen LogP contribution in [0, 0.1) is 5.92 Å². The number of nitrogens with zero attached hydrogens (tertiary/aromatic N) is 1. The van der Waals surface area contributed by atoms with Gasteiger partial charge in [-0.2, -0.15) is 0 Å². The zero-order valence-corrected chi connectivity index (χ0v) is 18.1. The molecule has 0 saturated carbocycles. The number of carboxylic acids is 1. The van der Waals surface area contributed by atoms with Crippen LogP contribution in [0.25, 0.3) is 11.1 Å². The Labute approximate surface area is 187 Å². The van der Waals surface area contributed by atoms with E-state index in [2.05, 4.69) is 29.6 Å². The molecule has 2 aromatic rings. The molecular weight excluding hydrogens is 408 g/mol. The number of amides is 2. The van der Waals surface area contributed by atoms with Gasteiger partial charge in [0.25, 0.3) is 0 Å². The largest absolute Gasteiger partial charge is 0.481 e. The highest BCUT2D eigenvalue weighted by Crippen LogP contribution is 2.44. The van der Waals surface area contributed by atoms with Crippen molar-refractivity contribution in [3.05, 3.63) is 59.7 Å². The molecule has 0 radical (unpaired) electrons. The molecule has 7 heteroatoms. The topological polar surface area (TPSA) is 95.9 Å². The maximum Gasteiger partial charge on any atom is 0.407 e. The van der Waals surface area contributed by atoms with E-state index >= 15 is 0 Å². The molecule has 1 aliphatic heterocycles. The molecule has 32 heavy (non-hydrogen) atoms. The van der Waals surface area contributed by atoms with E-state index in [1.165, 1.54) is 0 Å². The highest BCUT2D eigenvalue weighted by molar-refractivity contribution is 5.86. The van der Waals surface area contributed by atoms with Crippen molar-refractivity contribution in [2.75, 3.05) is 19.7 Å². The summed E-state index contributed by atoms with van der Waals surface area (Å²) in [5, 5.41) is 11.9. The minimum absolute atomic E-state index is 0.0534. The number of piperidine rings is 1. The Morgan fingerprint density at radius 1 is 1.09 bits per heavy atom. The zero-order valence-electron chi connectivity index (χ0n) is 18.1. The molecule has 2 amide bonds. The monoisotopic (exact) mass is 436 g/mol. The van der Waals surface area contributed by atoms with Crippen molar-refractivity contribution in [1.82, 2.24) is 10.2 Å². The smallest absolute Gasteiger partial charge is 0.407 e. The van der Waals surface area contributed by atoms with Crippen LogP contribution >= 0.6 is 0 Å². The minimum atomic E-state index is -0.889. The SMILES string of the molecule is CC[C@@H](NC(=O)OCC1c2ccccc2-c2ccccc21)C(=O)N1CCC[C@@H](C(=O)O)C1. The summed E-state index contributed by atoms with van der Waals surface area (Å²) in [4.78, 5) is 38.3. The summed E-state index contributed by atoms with van der Waals surface area (Å²) in [7, 11) is 0. The Balaban J connectivity index is 1.38. The number of carbonyl (C=O) groups is 3. The summed E-state index contributed by atoms with van der Waals surface area (Å²) < 4.78 is 5.55. The van der Waals surface area contributed by atoms with Crippen LogP contribution in [-0.4, -0.2) is 53.7 Å². The number of hydrogen-bond donors (Lipinski definition) is 2. The van der Waals surface area contributed by atoms with Crippen molar-refractivity contribution in [2.24, 2.45) is 5.92 Å². The molecule has 2 aromatic carbocycles. The normalized spacial score (nSPS) is 18.4. The van der Waals surface area contributed by atoms with Gasteiger partial charge in [0.15, 0.2) is 0 Å². The van der Waals surface area contributed by atoms with E-state index in [9.17, 15) is 19.5 Å². The predicted octanol–water partition coefficient (Wildman–Crippen LogP) is 3.63. The lowest BCUT2D eigenvalue weighted by Gasteiger charge is -2.33. The van der Waals surface area contributed by atoms with E-state index in [1.54, 1.807) is 4.90 Å². The fourth-order valence-electron chi connectivity index (χ4n) is 4.72. The van der Waals surface area contributed by atoms with Gasteiger partial charge in [0.05, 0.1) is 5.92 Å². The molecule has 7 nitrogen and oxygen atoms in total. The number of aliphatic carboxylic acids is 1. The summed E-state index contributed by atoms with van der Waals surface area (Å²) in [6.45, 7) is 2.67. The van der Waals surface area contributed by atoms with Crippen molar-refractivity contribution in [1.29, 1.82) is 0 Å². The number of alkyl carbamates (subject to hydrolysis) is 1. The summed E-state index contributed by atoms with van der Waals surface area (Å²) >= 11 is 0. The highest BCUT2D eigenvalue weighted by Gasteiger charge is 2.33. The minimum Gasteiger partial charge on any atom is -0.481 e. The third-order valence-electron chi connectivity index (χ3n) is 6.42. The third kappa shape index (κ3) is 4.33. The number of rotatable bonds is 6. The number of carboxylic acid groups (broad SMARTS) is 1. The van der Waals surface area contributed by atoms with E-state index in [0.29, 0.717) is 25.8 Å². The van der Waals surface area contributed by atoms with E-state index < -0.39 is 24.0 Å². The van der Waals surface area contributed by atoms with Crippen molar-refractivity contribution < 1.29 is 24.2 Å². The van der Waals surface area contributed by atoms with Gasteiger partial charge in [0, 0.05) is 19.0 Å². The maximum atomic E-state index is 12.9. The average Bonchev–Trinajstić information content (AvgIpc) is 3.14. The molecule has 2 aliphatic rings. The first kappa shape index (κ1) is 21.9. The van der Waals surface area contributed by atoms with Crippen molar-refractivity contribution in [3.63, 3.8) is 0 Å². The second kappa shape index (κ2) is 9.42. The van der Waals surface area contributed by atoms with E-state index in [-0.39, 0.29) is 25.0 Å². The summed E-state index contributed by atoms with van der Waals surface area (Å²) in [5.41, 5.74) is 4.55. The van der Waals surface area contributed by atoms with Crippen molar-refractivity contribution in [3.8, 4) is 11.1 Å². The molecule has 1 heterocycles. The number of ether oxygens (including phenoxy) is 1. The van der Waals surface area contributed by atoms with Crippen LogP contribution < -0.4 is 5.32 Å². The summed E-state index contributed by atoms with van der Waals surface area (Å²) in [5.74, 6) is -1.76. The van der Waals surface area contributed by atoms with Crippen molar-refractivity contribution >= 4 is 18.0 Å². The lowest BCUT2D eigenvalue weighted by molar-refractivity contribution is -0.146. The first-order valence-corrected chi connectivity index (χ1v) is 11.1. The number of fused-ring (bicyclic) bond motifs is 3. The lowest BCUT2D eigenvalue weighted by Crippen LogP contribution is -2.52. The van der Waals surface area contributed by atoms with Gasteiger partial charge in [-0.25, -0.2) is 4.79 Å². The lowest BCUT2D eigenvalue weighted by atomic mass is 9.97. The van der Waals surface area contributed by atoms with Crippen LogP contribution in [0.1, 0.15) is 43.2 Å². The van der Waals surface area contributed by atoms with Crippen molar-refractivity contribution in [2.45, 2.75) is 38.1 Å². The summed E-state index contributed by atoms with van der Waals surface area (Å²) in [6, 6.07) is 15.5. The average molecular weight is 437 g/mol. The second-order valence-electron chi connectivity index (χ2n) is 8.39. The van der Waals surface area contributed by atoms with E-state index in [4.69, 9.17) is 4.74 Å². The standard InChI is InChI=1S/C25H28N2O5/c1-2-22(23(28)27-13-7-8-16(14-27)24(29)30)26-25(31)32-15-21-19-11-5-3-9-17(19)18-10-4-6-12-20(18)21/h3-6,9-12,16,21-22H,2,7-8,13-15H2,1H3,(H,26,31)(H,29,30)/t16-,22-/m1/s1. The molecule has 1 saturated heterocycles. The quantitative estimate of drug-likeness (QED) is 0.721. The van der Waals surface area contributed by atoms with Gasteiger partial charge in [-0.1, -0.05) is 55.5 Å². The fourth-order valence-corrected chi connectivity index (χ4v) is 4.72. The molecule has 0 unspecified atom stereocenters. The third-order valence-corrected chi connectivity index (χ3v) is 6.42. The molecule has 4 rings (SSSR count). The molecule has 168 valence electrons. The molecule has 0 bridgehead atoms. The number of benzene rings is 2.